The Hall–Kier alpha value is -0.300. The molecule has 0 aliphatic heterocycles. The highest BCUT2D eigenvalue weighted by molar-refractivity contribution is 9.10. The third-order valence-electron chi connectivity index (χ3n) is 2.98. The maximum Gasteiger partial charge on any atom is 0.0178 e. The van der Waals surface area contributed by atoms with Crippen molar-refractivity contribution in [2.45, 2.75) is 31.6 Å². The Morgan fingerprint density at radius 1 is 1.33 bits per heavy atom. The maximum absolute atomic E-state index is 3.51. The summed E-state index contributed by atoms with van der Waals surface area (Å²) in [4.78, 5) is 0. The first-order valence-electron chi connectivity index (χ1n) is 4.47. The topological polar surface area (TPSA) is 0 Å². The van der Waals surface area contributed by atoms with Gasteiger partial charge < -0.3 is 0 Å². The largest absolute Gasteiger partial charge is 0.0609 e. The van der Waals surface area contributed by atoms with Gasteiger partial charge in [0, 0.05) is 4.47 Å². The van der Waals surface area contributed by atoms with Crippen molar-refractivity contribution < 1.29 is 0 Å². The zero-order valence-corrected chi connectivity index (χ0v) is 8.89. The second-order valence-corrected chi connectivity index (χ2v) is 4.84. The molecule has 0 saturated heterocycles. The molecule has 0 atom stereocenters. The highest BCUT2D eigenvalue weighted by atomic mass is 79.9. The van der Waals surface area contributed by atoms with Crippen LogP contribution in [0.3, 0.4) is 0 Å². The van der Waals surface area contributed by atoms with Crippen molar-refractivity contribution in [3.63, 3.8) is 0 Å². The molecule has 0 radical (unpaired) electrons. The Bertz CT molecular complexity index is 287. The summed E-state index contributed by atoms with van der Waals surface area (Å²) in [5.41, 5.74) is 1.96. The van der Waals surface area contributed by atoms with E-state index in [1.807, 2.05) is 0 Å². The summed E-state index contributed by atoms with van der Waals surface area (Å²) >= 11 is 3.51. The normalized spacial score (nSPS) is 20.2. The lowest BCUT2D eigenvalue weighted by molar-refractivity contribution is 0.272. The van der Waals surface area contributed by atoms with Gasteiger partial charge in [-0.25, -0.2) is 0 Å². The Kier molecular flexibility index (Phi) is 1.99. The molecule has 0 spiro atoms. The lowest BCUT2D eigenvalue weighted by Crippen LogP contribution is -2.30. The Morgan fingerprint density at radius 3 is 2.58 bits per heavy atom. The van der Waals surface area contributed by atoms with Crippen molar-refractivity contribution in [2.24, 2.45) is 0 Å². The van der Waals surface area contributed by atoms with E-state index in [-0.39, 0.29) is 0 Å². The van der Waals surface area contributed by atoms with Gasteiger partial charge in [0.15, 0.2) is 0 Å². The molecule has 0 nitrogen and oxygen atoms in total. The first-order valence-corrected chi connectivity index (χ1v) is 5.26. The average Bonchev–Trinajstić information content (AvgIpc) is 2.00. The second kappa shape index (κ2) is 2.88. The molecule has 1 heteroatoms. The van der Waals surface area contributed by atoms with Gasteiger partial charge in [-0.3, -0.25) is 0 Å². The maximum atomic E-state index is 3.51. The lowest BCUT2D eigenvalue weighted by Gasteiger charge is -2.39. The molecule has 0 N–H and O–H groups in total. The van der Waals surface area contributed by atoms with Crippen molar-refractivity contribution in [1.82, 2.24) is 0 Å². The Labute approximate surface area is 82.1 Å². The highest BCUT2D eigenvalue weighted by Crippen LogP contribution is 2.43. The molecule has 12 heavy (non-hydrogen) atoms. The van der Waals surface area contributed by atoms with Crippen molar-refractivity contribution in [1.29, 1.82) is 0 Å². The molecule has 0 heterocycles. The molecule has 1 aliphatic rings. The molecule has 0 unspecified atom stereocenters. The van der Waals surface area contributed by atoms with Crippen LogP contribution in [0.15, 0.2) is 28.7 Å². The van der Waals surface area contributed by atoms with Gasteiger partial charge in [0.05, 0.1) is 0 Å². The second-order valence-electron chi connectivity index (χ2n) is 3.92. The minimum Gasteiger partial charge on any atom is -0.0609 e. The van der Waals surface area contributed by atoms with Crippen molar-refractivity contribution in [2.75, 3.05) is 0 Å². The van der Waals surface area contributed by atoms with Crippen LogP contribution in [0.25, 0.3) is 0 Å². The number of rotatable bonds is 1. The number of halogens is 1. The molecule has 1 fully saturated rings. The van der Waals surface area contributed by atoms with Crippen LogP contribution >= 0.6 is 15.9 Å². The fraction of sp³-hybridized carbons (Fsp3) is 0.455. The Balaban J connectivity index is 2.33. The van der Waals surface area contributed by atoms with Gasteiger partial charge in [-0.2, -0.15) is 0 Å². The summed E-state index contributed by atoms with van der Waals surface area (Å²) in [6.07, 6.45) is 4.09. The zero-order chi connectivity index (χ0) is 8.60. The minimum atomic E-state index is 0.476. The molecule has 64 valence electrons. The molecule has 1 saturated carbocycles. The summed E-state index contributed by atoms with van der Waals surface area (Å²) in [6, 6.07) is 8.71. The summed E-state index contributed by atoms with van der Waals surface area (Å²) in [6.45, 7) is 2.36. The van der Waals surface area contributed by atoms with Gasteiger partial charge >= 0.3 is 0 Å². The summed E-state index contributed by atoms with van der Waals surface area (Å²) in [5, 5.41) is 0. The first-order chi connectivity index (χ1) is 5.71. The third-order valence-corrected chi connectivity index (χ3v) is 3.47. The van der Waals surface area contributed by atoms with E-state index >= 15 is 0 Å². The molecule has 1 aliphatic carbocycles. The van der Waals surface area contributed by atoms with Crippen LogP contribution in [0, 0.1) is 0 Å². The van der Waals surface area contributed by atoms with Crippen LogP contribution in [0.2, 0.25) is 0 Å². The fourth-order valence-corrected chi connectivity index (χ4v) is 2.26. The van der Waals surface area contributed by atoms with Crippen LogP contribution in [0.4, 0.5) is 0 Å². The number of benzene rings is 1. The lowest BCUT2D eigenvalue weighted by atomic mass is 9.66. The van der Waals surface area contributed by atoms with E-state index in [0.29, 0.717) is 5.41 Å². The molecule has 1 aromatic carbocycles. The van der Waals surface area contributed by atoms with E-state index < -0.39 is 0 Å². The predicted molar refractivity (Wildman–Crippen MR) is 55.3 cm³/mol. The van der Waals surface area contributed by atoms with Crippen LogP contribution in [0.1, 0.15) is 31.7 Å². The molecule has 0 aromatic heterocycles. The smallest absolute Gasteiger partial charge is 0.0178 e. The molecule has 2 rings (SSSR count). The molecule has 0 amide bonds. The highest BCUT2D eigenvalue weighted by Gasteiger charge is 2.33. The summed E-state index contributed by atoms with van der Waals surface area (Å²) in [5.74, 6) is 0. The predicted octanol–water partition coefficient (Wildman–Crippen LogP) is 3.89. The van der Waals surface area contributed by atoms with E-state index in [2.05, 4.69) is 47.1 Å². The molecule has 1 aromatic rings. The quantitative estimate of drug-likeness (QED) is 0.680. The van der Waals surface area contributed by atoms with Gasteiger partial charge in [0.2, 0.25) is 0 Å². The summed E-state index contributed by atoms with van der Waals surface area (Å²) < 4.78 is 1.20. The van der Waals surface area contributed by atoms with E-state index in [1.54, 1.807) is 0 Å². The average molecular weight is 225 g/mol. The standard InChI is InChI=1S/C11H13Br/c1-11(6-3-7-11)9-4-2-5-10(12)8-9/h2,4-5,8H,3,6-7H2,1H3. The Morgan fingerprint density at radius 2 is 2.08 bits per heavy atom. The zero-order valence-electron chi connectivity index (χ0n) is 7.31. The van der Waals surface area contributed by atoms with Crippen molar-refractivity contribution >= 4 is 15.9 Å². The van der Waals surface area contributed by atoms with Crippen LogP contribution in [0.5, 0.6) is 0 Å². The van der Waals surface area contributed by atoms with E-state index in [0.717, 1.165) is 0 Å². The summed E-state index contributed by atoms with van der Waals surface area (Å²) in [7, 11) is 0. The van der Waals surface area contributed by atoms with Crippen LogP contribution in [-0.2, 0) is 5.41 Å². The van der Waals surface area contributed by atoms with Crippen LogP contribution < -0.4 is 0 Å². The first kappa shape index (κ1) is 8.31. The van der Waals surface area contributed by atoms with Crippen molar-refractivity contribution in [3.8, 4) is 0 Å². The van der Waals surface area contributed by atoms with E-state index in [9.17, 15) is 0 Å². The fourth-order valence-electron chi connectivity index (χ4n) is 1.86. The van der Waals surface area contributed by atoms with Crippen LogP contribution in [-0.4, -0.2) is 0 Å². The van der Waals surface area contributed by atoms with E-state index in [4.69, 9.17) is 0 Å². The van der Waals surface area contributed by atoms with Gasteiger partial charge in [-0.1, -0.05) is 41.4 Å². The van der Waals surface area contributed by atoms with Gasteiger partial charge in [0.1, 0.15) is 0 Å². The molecular formula is C11H13Br. The van der Waals surface area contributed by atoms with E-state index in [1.165, 1.54) is 29.3 Å². The number of hydrogen-bond acceptors (Lipinski definition) is 0. The van der Waals surface area contributed by atoms with Gasteiger partial charge in [0.25, 0.3) is 0 Å². The monoisotopic (exact) mass is 224 g/mol. The molecular weight excluding hydrogens is 212 g/mol. The van der Waals surface area contributed by atoms with Gasteiger partial charge in [-0.15, -0.1) is 0 Å². The third kappa shape index (κ3) is 1.31. The number of hydrogen-bond donors (Lipinski definition) is 0. The SMILES string of the molecule is CC1(c2cccc(Br)c2)CCC1. The minimum absolute atomic E-state index is 0.476. The van der Waals surface area contributed by atoms with Crippen molar-refractivity contribution in [3.05, 3.63) is 34.3 Å². The van der Waals surface area contributed by atoms with Gasteiger partial charge in [-0.05, 0) is 36.0 Å². The molecule has 0 bridgehead atoms.